The highest BCUT2D eigenvalue weighted by molar-refractivity contribution is 6.33. The molecule has 0 amide bonds. The molecule has 0 fully saturated rings. The Morgan fingerprint density at radius 2 is 1.90 bits per heavy atom. The lowest BCUT2D eigenvalue weighted by atomic mass is 10.2. The first-order valence-corrected chi connectivity index (χ1v) is 6.09. The number of halogens is 1. The molecule has 20 heavy (non-hydrogen) atoms. The van der Waals surface area contributed by atoms with E-state index in [1.54, 1.807) is 30.3 Å². The highest BCUT2D eigenvalue weighted by Crippen LogP contribution is 2.25. The topological polar surface area (TPSA) is 69.4 Å². The maximum atomic E-state index is 10.9. The van der Waals surface area contributed by atoms with Gasteiger partial charge in [-0.15, -0.1) is 0 Å². The third-order valence-corrected chi connectivity index (χ3v) is 3.00. The number of rotatable bonds is 5. The third kappa shape index (κ3) is 3.13. The minimum Gasteiger partial charge on any atom is -0.488 e. The second-order valence-corrected chi connectivity index (χ2v) is 4.39. The zero-order valence-electron chi connectivity index (χ0n) is 10.3. The van der Waals surface area contributed by atoms with E-state index in [4.69, 9.17) is 16.3 Å². The van der Waals surface area contributed by atoms with Crippen LogP contribution >= 0.6 is 11.6 Å². The second kappa shape index (κ2) is 6.16. The Morgan fingerprint density at radius 1 is 1.20 bits per heavy atom. The van der Waals surface area contributed by atoms with Crippen LogP contribution < -0.4 is 4.74 Å². The van der Waals surface area contributed by atoms with Crippen LogP contribution in [0.3, 0.4) is 0 Å². The first-order chi connectivity index (χ1) is 9.61. The Labute approximate surface area is 119 Å². The summed E-state index contributed by atoms with van der Waals surface area (Å²) in [6.45, 7) is 0.194. The number of nitro groups is 1. The maximum absolute atomic E-state index is 10.9. The first kappa shape index (κ1) is 14.0. The minimum absolute atomic E-state index is 0.0186. The Kier molecular flexibility index (Phi) is 4.32. The molecule has 0 heterocycles. The molecule has 102 valence electrons. The summed E-state index contributed by atoms with van der Waals surface area (Å²) < 4.78 is 5.51. The average molecular weight is 292 g/mol. The van der Waals surface area contributed by atoms with E-state index in [0.717, 1.165) is 5.56 Å². The standard InChI is InChI=1S/C14H10ClNO4/c15-13-2-1-3-14(12(13)8-17)20-9-10-4-6-11(7-5-10)16(18)19/h1-8H,9H2. The normalized spacial score (nSPS) is 10.1. The molecule has 0 saturated carbocycles. The van der Waals surface area contributed by atoms with Crippen molar-refractivity contribution in [3.8, 4) is 5.75 Å². The molecule has 5 nitrogen and oxygen atoms in total. The molecule has 0 spiro atoms. The smallest absolute Gasteiger partial charge is 0.269 e. The summed E-state index contributed by atoms with van der Waals surface area (Å²) in [5.41, 5.74) is 1.06. The van der Waals surface area contributed by atoms with Crippen LogP contribution in [0.15, 0.2) is 42.5 Å². The van der Waals surface area contributed by atoms with Crippen LogP contribution in [0.25, 0.3) is 0 Å². The van der Waals surface area contributed by atoms with Crippen molar-refractivity contribution in [3.05, 3.63) is 68.7 Å². The SMILES string of the molecule is O=Cc1c(Cl)cccc1OCc1ccc([N+](=O)[O-])cc1. The zero-order valence-corrected chi connectivity index (χ0v) is 11.0. The summed E-state index contributed by atoms with van der Waals surface area (Å²) in [5, 5.41) is 10.9. The number of carbonyl (C=O) groups is 1. The van der Waals surface area contributed by atoms with Gasteiger partial charge in [-0.05, 0) is 29.8 Å². The second-order valence-electron chi connectivity index (χ2n) is 3.98. The van der Waals surface area contributed by atoms with Crippen molar-refractivity contribution in [1.29, 1.82) is 0 Å². The molecule has 2 rings (SSSR count). The van der Waals surface area contributed by atoms with Crippen molar-refractivity contribution in [1.82, 2.24) is 0 Å². The lowest BCUT2D eigenvalue weighted by Crippen LogP contribution is -1.99. The number of nitrogens with zero attached hydrogens (tertiary/aromatic N) is 1. The van der Waals surface area contributed by atoms with Crippen LogP contribution in [0.2, 0.25) is 5.02 Å². The minimum atomic E-state index is -0.466. The Morgan fingerprint density at radius 3 is 2.50 bits per heavy atom. The van der Waals surface area contributed by atoms with Crippen molar-refractivity contribution in [2.24, 2.45) is 0 Å². The Balaban J connectivity index is 2.11. The van der Waals surface area contributed by atoms with Gasteiger partial charge in [0.1, 0.15) is 12.4 Å². The van der Waals surface area contributed by atoms with Crippen LogP contribution in [0.1, 0.15) is 15.9 Å². The van der Waals surface area contributed by atoms with Gasteiger partial charge in [0.15, 0.2) is 6.29 Å². The van der Waals surface area contributed by atoms with E-state index in [-0.39, 0.29) is 17.9 Å². The molecule has 0 aliphatic carbocycles. The molecule has 0 unspecified atom stereocenters. The number of hydrogen-bond donors (Lipinski definition) is 0. The van der Waals surface area contributed by atoms with E-state index in [1.165, 1.54) is 12.1 Å². The molecular weight excluding hydrogens is 282 g/mol. The number of aldehydes is 1. The first-order valence-electron chi connectivity index (χ1n) is 5.71. The molecule has 0 aliphatic rings. The number of nitro benzene ring substituents is 1. The number of benzene rings is 2. The summed E-state index contributed by atoms with van der Waals surface area (Å²) >= 11 is 5.88. The van der Waals surface area contributed by atoms with Crippen LogP contribution in [-0.2, 0) is 6.61 Å². The molecule has 0 N–H and O–H groups in total. The fourth-order valence-corrected chi connectivity index (χ4v) is 1.84. The lowest BCUT2D eigenvalue weighted by molar-refractivity contribution is -0.384. The fourth-order valence-electron chi connectivity index (χ4n) is 1.63. The van der Waals surface area contributed by atoms with Crippen molar-refractivity contribution < 1.29 is 14.5 Å². The van der Waals surface area contributed by atoms with Crippen molar-refractivity contribution in [2.75, 3.05) is 0 Å². The average Bonchev–Trinajstić information content (AvgIpc) is 2.45. The van der Waals surface area contributed by atoms with E-state index in [9.17, 15) is 14.9 Å². The van der Waals surface area contributed by atoms with Gasteiger partial charge in [0.2, 0.25) is 0 Å². The number of carbonyl (C=O) groups excluding carboxylic acids is 1. The largest absolute Gasteiger partial charge is 0.488 e. The van der Waals surface area contributed by atoms with Gasteiger partial charge in [-0.1, -0.05) is 17.7 Å². The van der Waals surface area contributed by atoms with Gasteiger partial charge < -0.3 is 4.74 Å². The molecule has 0 saturated heterocycles. The van der Waals surface area contributed by atoms with Gasteiger partial charge in [0, 0.05) is 12.1 Å². The number of hydrogen-bond acceptors (Lipinski definition) is 4. The van der Waals surface area contributed by atoms with E-state index in [2.05, 4.69) is 0 Å². The van der Waals surface area contributed by atoms with E-state index >= 15 is 0 Å². The molecule has 0 atom stereocenters. The number of non-ortho nitro benzene ring substituents is 1. The van der Waals surface area contributed by atoms with Gasteiger partial charge in [0.05, 0.1) is 15.5 Å². The summed E-state index contributed by atoms with van der Waals surface area (Å²) in [4.78, 5) is 21.0. The highest BCUT2D eigenvalue weighted by Gasteiger charge is 2.08. The highest BCUT2D eigenvalue weighted by atomic mass is 35.5. The van der Waals surface area contributed by atoms with Gasteiger partial charge in [-0.2, -0.15) is 0 Å². The molecule has 2 aromatic carbocycles. The predicted molar refractivity (Wildman–Crippen MR) is 74.3 cm³/mol. The summed E-state index contributed by atoms with van der Waals surface area (Å²) in [6.07, 6.45) is 0.632. The van der Waals surface area contributed by atoms with Crippen molar-refractivity contribution in [2.45, 2.75) is 6.61 Å². The van der Waals surface area contributed by atoms with Crippen LogP contribution in [-0.4, -0.2) is 11.2 Å². The monoisotopic (exact) mass is 291 g/mol. The van der Waals surface area contributed by atoms with Gasteiger partial charge in [-0.25, -0.2) is 0 Å². The summed E-state index contributed by atoms with van der Waals surface area (Å²) in [6, 6.07) is 10.9. The van der Waals surface area contributed by atoms with Crippen LogP contribution in [0.5, 0.6) is 5.75 Å². The molecular formula is C14H10ClNO4. The van der Waals surface area contributed by atoms with Crippen molar-refractivity contribution >= 4 is 23.6 Å². The molecule has 2 aromatic rings. The number of ether oxygens (including phenoxy) is 1. The van der Waals surface area contributed by atoms with E-state index in [0.29, 0.717) is 17.1 Å². The quantitative estimate of drug-likeness (QED) is 0.479. The van der Waals surface area contributed by atoms with Crippen LogP contribution in [0.4, 0.5) is 5.69 Å². The predicted octanol–water partition coefficient (Wildman–Crippen LogP) is 3.64. The van der Waals surface area contributed by atoms with E-state index < -0.39 is 4.92 Å². The van der Waals surface area contributed by atoms with Gasteiger partial charge >= 0.3 is 0 Å². The van der Waals surface area contributed by atoms with Crippen molar-refractivity contribution in [3.63, 3.8) is 0 Å². The summed E-state index contributed by atoms with van der Waals surface area (Å²) in [5.74, 6) is 0.380. The fraction of sp³-hybridized carbons (Fsp3) is 0.0714. The molecule has 0 aliphatic heterocycles. The zero-order chi connectivity index (χ0) is 14.5. The van der Waals surface area contributed by atoms with E-state index in [1.807, 2.05) is 0 Å². The van der Waals surface area contributed by atoms with Gasteiger partial charge in [0.25, 0.3) is 5.69 Å². The Hall–Kier alpha value is -2.40. The Bertz CT molecular complexity index is 640. The maximum Gasteiger partial charge on any atom is 0.269 e. The van der Waals surface area contributed by atoms with Gasteiger partial charge in [-0.3, -0.25) is 14.9 Å². The molecule has 0 radical (unpaired) electrons. The molecule has 0 aromatic heterocycles. The third-order valence-electron chi connectivity index (χ3n) is 2.67. The molecule has 6 heteroatoms. The van der Waals surface area contributed by atoms with Crippen LogP contribution in [0, 0.1) is 10.1 Å². The summed E-state index contributed by atoms with van der Waals surface area (Å²) in [7, 11) is 0. The molecule has 0 bridgehead atoms. The lowest BCUT2D eigenvalue weighted by Gasteiger charge is -2.09.